The lowest BCUT2D eigenvalue weighted by Crippen LogP contribution is -2.56. The van der Waals surface area contributed by atoms with E-state index in [9.17, 15) is 9.59 Å². The molecule has 5 nitrogen and oxygen atoms in total. The maximum Gasteiger partial charge on any atom is 0.317 e. The van der Waals surface area contributed by atoms with Crippen LogP contribution in [-0.2, 0) is 4.79 Å². The molecule has 0 bridgehead atoms. The second-order valence-corrected chi connectivity index (χ2v) is 7.36. The normalized spacial score (nSPS) is 25.9. The van der Waals surface area contributed by atoms with Gasteiger partial charge in [-0.25, -0.2) is 4.79 Å². The number of piperidine rings is 2. The SMILES string of the molecule is CCNC(=O)N1CCC[C@@]2(CCC(=O)N(CCC(C)C)C2)C1. The third-order valence-corrected chi connectivity index (χ3v) is 5.00. The summed E-state index contributed by atoms with van der Waals surface area (Å²) in [7, 11) is 0. The number of carbonyl (C=O) groups is 2. The van der Waals surface area contributed by atoms with Crippen LogP contribution >= 0.6 is 0 Å². The maximum absolute atomic E-state index is 12.2. The summed E-state index contributed by atoms with van der Waals surface area (Å²) in [5.74, 6) is 0.908. The van der Waals surface area contributed by atoms with Crippen LogP contribution in [0.25, 0.3) is 0 Å². The van der Waals surface area contributed by atoms with E-state index in [2.05, 4.69) is 19.2 Å². The molecule has 126 valence electrons. The smallest absolute Gasteiger partial charge is 0.317 e. The minimum Gasteiger partial charge on any atom is -0.342 e. The van der Waals surface area contributed by atoms with E-state index in [4.69, 9.17) is 0 Å². The van der Waals surface area contributed by atoms with Gasteiger partial charge in [-0.2, -0.15) is 0 Å². The van der Waals surface area contributed by atoms with Crippen LogP contribution in [0.4, 0.5) is 4.79 Å². The Morgan fingerprint density at radius 3 is 2.77 bits per heavy atom. The Kier molecular flexibility index (Phi) is 5.70. The fourth-order valence-electron chi connectivity index (χ4n) is 3.70. The zero-order chi connectivity index (χ0) is 16.2. The van der Waals surface area contributed by atoms with E-state index in [1.165, 1.54) is 0 Å². The third kappa shape index (κ3) is 4.14. The van der Waals surface area contributed by atoms with Crippen molar-refractivity contribution in [2.75, 3.05) is 32.7 Å². The van der Waals surface area contributed by atoms with Crippen LogP contribution in [0.2, 0.25) is 0 Å². The average molecular weight is 309 g/mol. The van der Waals surface area contributed by atoms with Gasteiger partial charge in [-0.15, -0.1) is 0 Å². The Hall–Kier alpha value is -1.26. The van der Waals surface area contributed by atoms with Crippen molar-refractivity contribution in [1.82, 2.24) is 15.1 Å². The Bertz CT molecular complexity index is 411. The molecule has 0 radical (unpaired) electrons. The number of likely N-dealkylation sites (tertiary alicyclic amines) is 2. The summed E-state index contributed by atoms with van der Waals surface area (Å²) in [6.07, 6.45) is 4.81. The molecular weight excluding hydrogens is 278 g/mol. The molecule has 2 heterocycles. The fourth-order valence-corrected chi connectivity index (χ4v) is 3.70. The minimum absolute atomic E-state index is 0.0483. The lowest BCUT2D eigenvalue weighted by molar-refractivity contribution is -0.139. The van der Waals surface area contributed by atoms with E-state index in [-0.39, 0.29) is 11.4 Å². The van der Waals surface area contributed by atoms with Crippen molar-refractivity contribution >= 4 is 11.9 Å². The number of hydrogen-bond donors (Lipinski definition) is 1. The van der Waals surface area contributed by atoms with Crippen molar-refractivity contribution < 1.29 is 9.59 Å². The number of urea groups is 1. The topological polar surface area (TPSA) is 52.7 Å². The molecule has 1 atom stereocenters. The van der Waals surface area contributed by atoms with Gasteiger partial charge in [0.05, 0.1) is 0 Å². The van der Waals surface area contributed by atoms with Crippen molar-refractivity contribution in [2.45, 2.75) is 52.9 Å². The van der Waals surface area contributed by atoms with Gasteiger partial charge in [0.1, 0.15) is 0 Å². The lowest BCUT2D eigenvalue weighted by atomic mass is 9.73. The number of rotatable bonds is 4. The van der Waals surface area contributed by atoms with Gasteiger partial charge in [-0.1, -0.05) is 13.8 Å². The molecule has 0 aromatic heterocycles. The van der Waals surface area contributed by atoms with Crippen molar-refractivity contribution in [3.05, 3.63) is 0 Å². The molecule has 2 rings (SSSR count). The number of hydrogen-bond acceptors (Lipinski definition) is 2. The molecule has 5 heteroatoms. The summed E-state index contributed by atoms with van der Waals surface area (Å²) in [6, 6.07) is 0.0483. The van der Waals surface area contributed by atoms with Gasteiger partial charge in [0.15, 0.2) is 0 Å². The van der Waals surface area contributed by atoms with Crippen LogP contribution in [0, 0.1) is 11.3 Å². The zero-order valence-electron chi connectivity index (χ0n) is 14.4. The summed E-state index contributed by atoms with van der Waals surface area (Å²) >= 11 is 0. The largest absolute Gasteiger partial charge is 0.342 e. The molecule has 1 N–H and O–H groups in total. The van der Waals surface area contributed by atoms with E-state index in [0.717, 1.165) is 51.9 Å². The molecule has 2 aliphatic heterocycles. The first kappa shape index (κ1) is 17.1. The van der Waals surface area contributed by atoms with Gasteiger partial charge < -0.3 is 15.1 Å². The molecule has 3 amide bonds. The van der Waals surface area contributed by atoms with Crippen LogP contribution < -0.4 is 5.32 Å². The molecule has 0 aliphatic carbocycles. The first-order chi connectivity index (χ1) is 10.5. The summed E-state index contributed by atoms with van der Waals surface area (Å²) in [4.78, 5) is 28.3. The first-order valence-corrected chi connectivity index (χ1v) is 8.76. The number of nitrogens with one attached hydrogen (secondary N) is 1. The third-order valence-electron chi connectivity index (χ3n) is 5.00. The fraction of sp³-hybridized carbons (Fsp3) is 0.882. The number of carbonyl (C=O) groups excluding carboxylic acids is 2. The zero-order valence-corrected chi connectivity index (χ0v) is 14.4. The van der Waals surface area contributed by atoms with Crippen molar-refractivity contribution in [3.63, 3.8) is 0 Å². The molecule has 2 saturated heterocycles. The van der Waals surface area contributed by atoms with Crippen LogP contribution in [0.3, 0.4) is 0 Å². The van der Waals surface area contributed by atoms with Crippen LogP contribution in [0.15, 0.2) is 0 Å². The predicted molar refractivity (Wildman–Crippen MR) is 87.6 cm³/mol. The molecule has 22 heavy (non-hydrogen) atoms. The summed E-state index contributed by atoms with van der Waals surface area (Å²) < 4.78 is 0. The molecule has 0 unspecified atom stereocenters. The summed E-state index contributed by atoms with van der Waals surface area (Å²) in [5, 5.41) is 2.90. The highest BCUT2D eigenvalue weighted by Crippen LogP contribution is 2.39. The highest BCUT2D eigenvalue weighted by Gasteiger charge is 2.42. The van der Waals surface area contributed by atoms with E-state index in [0.29, 0.717) is 24.8 Å². The van der Waals surface area contributed by atoms with Gasteiger partial charge in [-0.05, 0) is 38.5 Å². The molecule has 0 aromatic carbocycles. The van der Waals surface area contributed by atoms with Crippen LogP contribution in [-0.4, -0.2) is 54.5 Å². The first-order valence-electron chi connectivity index (χ1n) is 8.76. The molecular formula is C17H31N3O2. The Balaban J connectivity index is 1.99. The molecule has 0 saturated carbocycles. The Morgan fingerprint density at radius 1 is 1.32 bits per heavy atom. The van der Waals surface area contributed by atoms with Gasteiger partial charge >= 0.3 is 6.03 Å². The molecule has 1 spiro atoms. The monoisotopic (exact) mass is 309 g/mol. The van der Waals surface area contributed by atoms with Crippen molar-refractivity contribution in [3.8, 4) is 0 Å². The molecule has 2 aliphatic rings. The Labute approximate surface area is 134 Å². The van der Waals surface area contributed by atoms with Crippen molar-refractivity contribution in [2.24, 2.45) is 11.3 Å². The summed E-state index contributed by atoms with van der Waals surface area (Å²) in [5.41, 5.74) is 0.119. The average Bonchev–Trinajstić information content (AvgIpc) is 2.49. The van der Waals surface area contributed by atoms with E-state index >= 15 is 0 Å². The lowest BCUT2D eigenvalue weighted by Gasteiger charge is -2.48. The Morgan fingerprint density at radius 2 is 2.09 bits per heavy atom. The van der Waals surface area contributed by atoms with E-state index < -0.39 is 0 Å². The maximum atomic E-state index is 12.2. The number of amides is 3. The quantitative estimate of drug-likeness (QED) is 0.867. The van der Waals surface area contributed by atoms with Gasteiger partial charge in [0, 0.05) is 44.6 Å². The highest BCUT2D eigenvalue weighted by atomic mass is 16.2. The van der Waals surface area contributed by atoms with Crippen LogP contribution in [0.5, 0.6) is 0 Å². The number of nitrogens with zero attached hydrogens (tertiary/aromatic N) is 2. The van der Waals surface area contributed by atoms with Gasteiger partial charge in [0.2, 0.25) is 5.91 Å². The predicted octanol–water partition coefficient (Wildman–Crippen LogP) is 2.47. The van der Waals surface area contributed by atoms with Gasteiger partial charge in [0.25, 0.3) is 0 Å². The molecule has 0 aromatic rings. The standard InChI is InChI=1S/C17H31N3O2/c1-4-18-16(22)20-10-5-8-17(13-20)9-6-15(21)19(12-17)11-7-14(2)3/h14H,4-13H2,1-3H3,(H,18,22)/t17-/m0/s1. The van der Waals surface area contributed by atoms with E-state index in [1.807, 2.05) is 16.7 Å². The summed E-state index contributed by atoms with van der Waals surface area (Å²) in [6.45, 7) is 10.3. The minimum atomic E-state index is 0.0483. The molecule has 2 fully saturated rings. The second-order valence-electron chi connectivity index (χ2n) is 7.36. The van der Waals surface area contributed by atoms with Crippen molar-refractivity contribution in [1.29, 1.82) is 0 Å². The van der Waals surface area contributed by atoms with Gasteiger partial charge in [-0.3, -0.25) is 4.79 Å². The van der Waals surface area contributed by atoms with Crippen LogP contribution in [0.1, 0.15) is 52.9 Å². The highest BCUT2D eigenvalue weighted by molar-refractivity contribution is 5.77. The second kappa shape index (κ2) is 7.34. The van der Waals surface area contributed by atoms with E-state index in [1.54, 1.807) is 0 Å².